The first kappa shape index (κ1) is 18.1. The molecule has 0 amide bonds. The summed E-state index contributed by atoms with van der Waals surface area (Å²) in [5, 5.41) is 28.2. The van der Waals surface area contributed by atoms with E-state index in [-0.39, 0.29) is 23.6 Å². The Kier molecular flexibility index (Phi) is 5.73. The van der Waals surface area contributed by atoms with Gasteiger partial charge in [0.1, 0.15) is 11.4 Å². The molecule has 0 bridgehead atoms. The summed E-state index contributed by atoms with van der Waals surface area (Å²) in [5.74, 6) is 0. The second kappa shape index (κ2) is 7.58. The molecule has 2 aromatic carbocycles. The van der Waals surface area contributed by atoms with Crippen molar-refractivity contribution in [1.82, 2.24) is 0 Å². The first-order chi connectivity index (χ1) is 11.3. The maximum absolute atomic E-state index is 11.4. The van der Waals surface area contributed by atoms with Crippen molar-refractivity contribution in [2.24, 2.45) is 0 Å². The van der Waals surface area contributed by atoms with Crippen molar-refractivity contribution < 1.29 is 9.85 Å². The molecule has 0 heterocycles. The van der Waals surface area contributed by atoms with Crippen LogP contribution in [-0.2, 0) is 6.54 Å². The number of nitrogens with zero attached hydrogens (tertiary/aromatic N) is 2. The van der Waals surface area contributed by atoms with Crippen molar-refractivity contribution in [3.63, 3.8) is 0 Å². The van der Waals surface area contributed by atoms with Crippen LogP contribution in [0.1, 0.15) is 5.56 Å². The van der Waals surface area contributed by atoms with E-state index in [4.69, 9.17) is 0 Å². The van der Waals surface area contributed by atoms with Crippen LogP contribution < -0.4 is 10.6 Å². The number of hydrogen-bond acceptors (Lipinski definition) is 6. The van der Waals surface area contributed by atoms with Gasteiger partial charge in [0, 0.05) is 34.2 Å². The fraction of sp³-hybridized carbons (Fsp3) is 0.143. The third kappa shape index (κ3) is 3.82. The fourth-order valence-electron chi connectivity index (χ4n) is 2.17. The predicted octanol–water partition coefficient (Wildman–Crippen LogP) is 4.68. The minimum atomic E-state index is -0.505. The monoisotopic (exact) mass is 458 g/mol. The van der Waals surface area contributed by atoms with Gasteiger partial charge in [-0.1, -0.05) is 15.9 Å². The first-order valence-electron chi connectivity index (χ1n) is 6.66. The summed E-state index contributed by atoms with van der Waals surface area (Å²) >= 11 is 6.47. The van der Waals surface area contributed by atoms with Gasteiger partial charge in [-0.2, -0.15) is 0 Å². The average molecular weight is 460 g/mol. The average Bonchev–Trinajstić information content (AvgIpc) is 2.53. The van der Waals surface area contributed by atoms with Gasteiger partial charge in [0.2, 0.25) is 0 Å². The summed E-state index contributed by atoms with van der Waals surface area (Å²) in [7, 11) is 1.58. The number of rotatable bonds is 6. The largest absolute Gasteiger partial charge is 0.382 e. The fourth-order valence-corrected chi connectivity index (χ4v) is 2.98. The zero-order valence-electron chi connectivity index (χ0n) is 12.4. The lowest BCUT2D eigenvalue weighted by atomic mass is 10.1. The van der Waals surface area contributed by atoms with Crippen molar-refractivity contribution >= 4 is 54.6 Å². The van der Waals surface area contributed by atoms with Crippen LogP contribution in [-0.4, -0.2) is 16.9 Å². The molecule has 0 unspecified atom stereocenters. The molecule has 0 aliphatic rings. The van der Waals surface area contributed by atoms with Crippen molar-refractivity contribution in [2.75, 3.05) is 17.7 Å². The zero-order chi connectivity index (χ0) is 17.9. The summed E-state index contributed by atoms with van der Waals surface area (Å²) in [4.78, 5) is 21.5. The molecule has 8 nitrogen and oxygen atoms in total. The molecule has 0 aliphatic heterocycles. The van der Waals surface area contributed by atoms with E-state index in [0.29, 0.717) is 20.2 Å². The number of halogens is 2. The van der Waals surface area contributed by atoms with E-state index in [2.05, 4.69) is 42.5 Å². The highest BCUT2D eigenvalue weighted by molar-refractivity contribution is 9.10. The molecule has 0 saturated carbocycles. The Balaban J connectivity index is 2.40. The molecule has 10 heteroatoms. The van der Waals surface area contributed by atoms with Crippen LogP contribution >= 0.6 is 31.9 Å². The lowest BCUT2D eigenvalue weighted by Gasteiger charge is -2.12. The predicted molar refractivity (Wildman–Crippen MR) is 98.5 cm³/mol. The Morgan fingerprint density at radius 1 is 1.08 bits per heavy atom. The van der Waals surface area contributed by atoms with Crippen LogP contribution in [0.5, 0.6) is 0 Å². The molecule has 0 fully saturated rings. The highest BCUT2D eigenvalue weighted by atomic mass is 79.9. The van der Waals surface area contributed by atoms with Crippen LogP contribution in [0.2, 0.25) is 0 Å². The van der Waals surface area contributed by atoms with Crippen LogP contribution in [0.15, 0.2) is 39.3 Å². The van der Waals surface area contributed by atoms with Gasteiger partial charge < -0.3 is 10.6 Å². The van der Waals surface area contributed by atoms with E-state index in [1.807, 2.05) is 0 Å². The van der Waals surface area contributed by atoms with Gasteiger partial charge in [-0.25, -0.2) is 0 Å². The smallest absolute Gasteiger partial charge is 0.316 e. The zero-order valence-corrected chi connectivity index (χ0v) is 15.5. The van der Waals surface area contributed by atoms with Gasteiger partial charge in [0.25, 0.3) is 5.69 Å². The lowest BCUT2D eigenvalue weighted by molar-refractivity contribution is -0.385. The Bertz CT molecular complexity index is 814. The minimum absolute atomic E-state index is 0.0657. The van der Waals surface area contributed by atoms with Gasteiger partial charge in [-0.15, -0.1) is 0 Å². The van der Waals surface area contributed by atoms with E-state index in [1.165, 1.54) is 6.07 Å². The molecule has 0 spiro atoms. The molecule has 2 rings (SSSR count). The molecule has 0 aromatic heterocycles. The molecule has 0 aliphatic carbocycles. The third-order valence-electron chi connectivity index (χ3n) is 3.28. The van der Waals surface area contributed by atoms with E-state index in [1.54, 1.807) is 31.3 Å². The summed E-state index contributed by atoms with van der Waals surface area (Å²) in [6.07, 6.45) is 0. The van der Waals surface area contributed by atoms with Crippen LogP contribution in [0.25, 0.3) is 0 Å². The quantitative estimate of drug-likeness (QED) is 0.479. The number of benzene rings is 2. The number of nitro benzene ring substituents is 2. The van der Waals surface area contributed by atoms with Crippen LogP contribution in [0.3, 0.4) is 0 Å². The second-order valence-electron chi connectivity index (χ2n) is 4.71. The molecule has 126 valence electrons. The normalized spacial score (nSPS) is 10.3. The van der Waals surface area contributed by atoms with Gasteiger partial charge in [0.15, 0.2) is 0 Å². The Morgan fingerprint density at radius 3 is 2.38 bits per heavy atom. The Labute approximate surface area is 153 Å². The minimum Gasteiger partial charge on any atom is -0.382 e. The number of anilines is 2. The summed E-state index contributed by atoms with van der Waals surface area (Å²) in [6, 6.07) is 7.91. The Morgan fingerprint density at radius 2 is 1.79 bits per heavy atom. The van der Waals surface area contributed by atoms with Crippen molar-refractivity contribution in [3.8, 4) is 0 Å². The van der Waals surface area contributed by atoms with Crippen molar-refractivity contribution in [1.29, 1.82) is 0 Å². The summed E-state index contributed by atoms with van der Waals surface area (Å²) in [5.41, 5.74) is 0.811. The molecule has 24 heavy (non-hydrogen) atoms. The number of nitrogens with one attached hydrogen (secondary N) is 2. The van der Waals surface area contributed by atoms with Crippen LogP contribution in [0.4, 0.5) is 22.7 Å². The summed E-state index contributed by atoms with van der Waals surface area (Å²) in [6.45, 7) is 0.0657. The van der Waals surface area contributed by atoms with E-state index in [9.17, 15) is 20.2 Å². The van der Waals surface area contributed by atoms with Gasteiger partial charge in [-0.3, -0.25) is 20.2 Å². The van der Waals surface area contributed by atoms with Gasteiger partial charge in [-0.05, 0) is 40.2 Å². The maximum Gasteiger partial charge on any atom is 0.316 e. The third-order valence-corrected chi connectivity index (χ3v) is 4.43. The molecular weight excluding hydrogens is 448 g/mol. The Hall–Kier alpha value is -2.20. The molecule has 0 saturated heterocycles. The molecular formula is C14H12Br2N4O4. The van der Waals surface area contributed by atoms with Crippen LogP contribution in [0, 0.1) is 20.2 Å². The maximum atomic E-state index is 11.4. The molecule has 2 aromatic rings. The van der Waals surface area contributed by atoms with Gasteiger partial charge >= 0.3 is 5.69 Å². The second-order valence-corrected chi connectivity index (χ2v) is 6.48. The van der Waals surface area contributed by atoms with Crippen molar-refractivity contribution in [3.05, 3.63) is 65.1 Å². The van der Waals surface area contributed by atoms with E-state index < -0.39 is 9.85 Å². The molecule has 0 radical (unpaired) electrons. The standard InChI is InChI=1S/C14H12Br2N4O4/c1-17-11-5-4-10(16)13(14(11)20(23)24)18-7-8-2-3-9(15)6-12(8)19(21)22/h2-6,17-18H,7H2,1H3. The SMILES string of the molecule is CNc1ccc(Br)c(NCc2ccc(Br)cc2[N+](=O)[O-])c1[N+](=O)[O-]. The van der Waals surface area contributed by atoms with Crippen molar-refractivity contribution in [2.45, 2.75) is 6.54 Å². The van der Waals surface area contributed by atoms with Gasteiger partial charge in [0.05, 0.1) is 9.85 Å². The first-order valence-corrected chi connectivity index (χ1v) is 8.25. The van der Waals surface area contributed by atoms with E-state index >= 15 is 0 Å². The molecule has 0 atom stereocenters. The highest BCUT2D eigenvalue weighted by Gasteiger charge is 2.23. The lowest BCUT2D eigenvalue weighted by Crippen LogP contribution is -2.07. The summed E-state index contributed by atoms with van der Waals surface area (Å²) < 4.78 is 1.08. The topological polar surface area (TPSA) is 110 Å². The number of nitro groups is 2. The molecule has 2 N–H and O–H groups in total. The number of hydrogen-bond donors (Lipinski definition) is 2. The van der Waals surface area contributed by atoms with E-state index in [0.717, 1.165) is 0 Å². The highest BCUT2D eigenvalue weighted by Crippen LogP contribution is 2.39.